The van der Waals surface area contributed by atoms with Crippen LogP contribution >= 0.6 is 0 Å². The highest BCUT2D eigenvalue weighted by molar-refractivity contribution is 5.98. The number of phenols is 2. The van der Waals surface area contributed by atoms with Crippen LogP contribution in [0.25, 0.3) is 0 Å². The molecule has 100 valence electrons. The Hall–Kier alpha value is -1.75. The minimum atomic E-state index is -0.477. The minimum absolute atomic E-state index is 0.0507. The van der Waals surface area contributed by atoms with E-state index in [4.69, 9.17) is 5.73 Å². The van der Waals surface area contributed by atoms with Crippen molar-refractivity contribution in [3.63, 3.8) is 0 Å². The zero-order valence-electron chi connectivity index (χ0n) is 10.7. The van der Waals surface area contributed by atoms with Gasteiger partial charge in [-0.3, -0.25) is 4.79 Å². The largest absolute Gasteiger partial charge is 0.504 e. The zero-order valence-corrected chi connectivity index (χ0v) is 10.7. The van der Waals surface area contributed by atoms with E-state index in [9.17, 15) is 15.0 Å². The van der Waals surface area contributed by atoms with E-state index in [2.05, 4.69) is 5.32 Å². The second kappa shape index (κ2) is 5.73. The van der Waals surface area contributed by atoms with Crippen LogP contribution in [-0.4, -0.2) is 28.2 Å². The molecule has 0 aromatic heterocycles. The van der Waals surface area contributed by atoms with Crippen LogP contribution in [0.4, 0.5) is 0 Å². The lowest BCUT2D eigenvalue weighted by molar-refractivity contribution is 0.0892. The third-order valence-corrected chi connectivity index (χ3v) is 3.38. The molecule has 0 aliphatic rings. The van der Waals surface area contributed by atoms with E-state index < -0.39 is 17.2 Å². The molecule has 5 N–H and O–H groups in total. The number of phenolic OH excluding ortho intramolecular Hbond substituents is 2. The van der Waals surface area contributed by atoms with E-state index in [0.29, 0.717) is 19.4 Å². The highest BCUT2D eigenvalue weighted by Crippen LogP contribution is 2.28. The minimum Gasteiger partial charge on any atom is -0.504 e. The number of para-hydroxylation sites is 1. The summed E-state index contributed by atoms with van der Waals surface area (Å²) >= 11 is 0. The summed E-state index contributed by atoms with van der Waals surface area (Å²) < 4.78 is 0. The van der Waals surface area contributed by atoms with Crippen molar-refractivity contribution in [1.29, 1.82) is 0 Å². The van der Waals surface area contributed by atoms with E-state index in [1.54, 1.807) is 0 Å². The molecule has 1 rings (SSSR count). The van der Waals surface area contributed by atoms with Crippen molar-refractivity contribution in [2.24, 2.45) is 5.73 Å². The molecule has 5 heteroatoms. The Kier molecular flexibility index (Phi) is 4.55. The van der Waals surface area contributed by atoms with Crippen LogP contribution in [0.3, 0.4) is 0 Å². The Balaban J connectivity index is 2.98. The Labute approximate surface area is 107 Å². The van der Waals surface area contributed by atoms with E-state index >= 15 is 0 Å². The number of carbonyl (C=O) groups is 1. The maximum Gasteiger partial charge on any atom is 0.255 e. The Morgan fingerprint density at radius 2 is 1.94 bits per heavy atom. The molecule has 0 aliphatic carbocycles. The van der Waals surface area contributed by atoms with Crippen molar-refractivity contribution in [2.45, 2.75) is 32.2 Å². The van der Waals surface area contributed by atoms with Gasteiger partial charge >= 0.3 is 0 Å². The first-order chi connectivity index (χ1) is 8.49. The smallest absolute Gasteiger partial charge is 0.255 e. The first kappa shape index (κ1) is 14.3. The molecule has 1 aromatic carbocycles. The summed E-state index contributed by atoms with van der Waals surface area (Å²) in [5, 5.41) is 21.8. The summed E-state index contributed by atoms with van der Waals surface area (Å²) in [5.41, 5.74) is 5.27. The monoisotopic (exact) mass is 252 g/mol. The van der Waals surface area contributed by atoms with Crippen LogP contribution in [0.15, 0.2) is 18.2 Å². The first-order valence-electron chi connectivity index (χ1n) is 6.03. The second-order valence-electron chi connectivity index (χ2n) is 4.32. The van der Waals surface area contributed by atoms with Crippen LogP contribution in [0, 0.1) is 0 Å². The van der Waals surface area contributed by atoms with Crippen molar-refractivity contribution in [1.82, 2.24) is 5.32 Å². The van der Waals surface area contributed by atoms with Gasteiger partial charge < -0.3 is 21.3 Å². The van der Waals surface area contributed by atoms with Gasteiger partial charge in [-0.15, -0.1) is 0 Å². The Morgan fingerprint density at radius 3 is 2.44 bits per heavy atom. The van der Waals surface area contributed by atoms with E-state index in [0.717, 1.165) is 0 Å². The maximum atomic E-state index is 12.1. The lowest BCUT2D eigenvalue weighted by atomic mass is 9.92. The Morgan fingerprint density at radius 1 is 1.33 bits per heavy atom. The summed E-state index contributed by atoms with van der Waals surface area (Å²) in [6.07, 6.45) is 1.40. The molecule has 0 fully saturated rings. The molecular weight excluding hydrogens is 232 g/mol. The molecule has 0 spiro atoms. The third kappa shape index (κ3) is 2.73. The number of hydrogen-bond acceptors (Lipinski definition) is 4. The topological polar surface area (TPSA) is 95.6 Å². The average molecular weight is 252 g/mol. The van der Waals surface area contributed by atoms with Gasteiger partial charge in [0.15, 0.2) is 11.5 Å². The zero-order chi connectivity index (χ0) is 13.8. The number of benzene rings is 1. The van der Waals surface area contributed by atoms with E-state index in [-0.39, 0.29) is 11.3 Å². The third-order valence-electron chi connectivity index (χ3n) is 3.38. The van der Waals surface area contributed by atoms with Crippen LogP contribution < -0.4 is 11.1 Å². The van der Waals surface area contributed by atoms with Gasteiger partial charge in [0.2, 0.25) is 0 Å². The molecule has 0 heterocycles. The number of aromatic hydroxyl groups is 2. The van der Waals surface area contributed by atoms with Gasteiger partial charge in [0.25, 0.3) is 5.91 Å². The molecular formula is C13H20N2O3. The molecule has 0 radical (unpaired) electrons. The molecule has 1 amide bonds. The first-order valence-corrected chi connectivity index (χ1v) is 6.03. The van der Waals surface area contributed by atoms with Crippen molar-refractivity contribution in [3.05, 3.63) is 23.8 Å². The predicted octanol–water partition coefficient (Wildman–Crippen LogP) is 1.35. The average Bonchev–Trinajstić information content (AvgIpc) is 2.39. The summed E-state index contributed by atoms with van der Waals surface area (Å²) in [6, 6.07) is 4.28. The van der Waals surface area contributed by atoms with Gasteiger partial charge in [0.1, 0.15) is 0 Å². The van der Waals surface area contributed by atoms with Gasteiger partial charge in [-0.25, -0.2) is 0 Å². The second-order valence-corrected chi connectivity index (χ2v) is 4.32. The quantitative estimate of drug-likeness (QED) is 0.595. The molecule has 0 bridgehead atoms. The fourth-order valence-electron chi connectivity index (χ4n) is 1.79. The Bertz CT molecular complexity index is 420. The number of hydrogen-bond donors (Lipinski definition) is 4. The number of nitrogens with two attached hydrogens (primary N) is 1. The predicted molar refractivity (Wildman–Crippen MR) is 69.6 cm³/mol. The number of nitrogens with one attached hydrogen (secondary N) is 1. The highest BCUT2D eigenvalue weighted by Gasteiger charge is 2.28. The van der Waals surface area contributed by atoms with Gasteiger partial charge in [-0.2, -0.15) is 0 Å². The number of carbonyl (C=O) groups excluding carboxylic acids is 1. The van der Waals surface area contributed by atoms with E-state index in [1.165, 1.54) is 18.2 Å². The maximum absolute atomic E-state index is 12.1. The molecule has 0 aliphatic heterocycles. The molecule has 18 heavy (non-hydrogen) atoms. The lowest BCUT2D eigenvalue weighted by Crippen LogP contribution is -2.52. The van der Waals surface area contributed by atoms with Gasteiger partial charge in [0, 0.05) is 6.54 Å². The summed E-state index contributed by atoms with van der Waals surface area (Å²) in [5.74, 6) is -1.15. The van der Waals surface area contributed by atoms with Crippen LogP contribution in [0.1, 0.15) is 37.0 Å². The standard InChI is InChI=1S/C13H20N2O3/c1-3-13(4-2,8-14)15-12(18)9-6-5-7-10(16)11(9)17/h5-7,16-17H,3-4,8,14H2,1-2H3,(H,15,18). The molecule has 5 nitrogen and oxygen atoms in total. The van der Waals surface area contributed by atoms with E-state index in [1.807, 2.05) is 13.8 Å². The summed E-state index contributed by atoms with van der Waals surface area (Å²) in [6.45, 7) is 4.21. The summed E-state index contributed by atoms with van der Waals surface area (Å²) in [4.78, 5) is 12.1. The molecule has 0 saturated carbocycles. The van der Waals surface area contributed by atoms with Crippen LogP contribution in [-0.2, 0) is 0 Å². The van der Waals surface area contributed by atoms with Gasteiger partial charge in [0.05, 0.1) is 11.1 Å². The van der Waals surface area contributed by atoms with Gasteiger partial charge in [-0.05, 0) is 25.0 Å². The molecule has 0 saturated heterocycles. The number of rotatable bonds is 5. The van der Waals surface area contributed by atoms with Crippen LogP contribution in [0.5, 0.6) is 11.5 Å². The number of amides is 1. The van der Waals surface area contributed by atoms with Crippen molar-refractivity contribution >= 4 is 5.91 Å². The van der Waals surface area contributed by atoms with Crippen molar-refractivity contribution < 1.29 is 15.0 Å². The SMILES string of the molecule is CCC(CC)(CN)NC(=O)c1cccc(O)c1O. The van der Waals surface area contributed by atoms with Crippen molar-refractivity contribution in [2.75, 3.05) is 6.54 Å². The molecule has 1 aromatic rings. The highest BCUT2D eigenvalue weighted by atomic mass is 16.3. The van der Waals surface area contributed by atoms with Crippen LogP contribution in [0.2, 0.25) is 0 Å². The fourth-order valence-corrected chi connectivity index (χ4v) is 1.79. The fraction of sp³-hybridized carbons (Fsp3) is 0.462. The lowest BCUT2D eigenvalue weighted by Gasteiger charge is -2.31. The van der Waals surface area contributed by atoms with Crippen molar-refractivity contribution in [3.8, 4) is 11.5 Å². The normalized spacial score (nSPS) is 11.3. The summed E-state index contributed by atoms with van der Waals surface area (Å²) in [7, 11) is 0. The molecule has 0 unspecified atom stereocenters. The van der Waals surface area contributed by atoms with Gasteiger partial charge in [-0.1, -0.05) is 19.9 Å². The molecule has 0 atom stereocenters.